The highest BCUT2D eigenvalue weighted by Gasteiger charge is 2.34. The molecule has 0 N–H and O–H groups in total. The van der Waals surface area contributed by atoms with Crippen molar-refractivity contribution in [2.75, 3.05) is 0 Å². The molecule has 0 aromatic carbocycles. The second-order valence-electron chi connectivity index (χ2n) is 5.63. The van der Waals surface area contributed by atoms with E-state index in [4.69, 9.17) is 0 Å². The highest BCUT2D eigenvalue weighted by molar-refractivity contribution is 5.18. The summed E-state index contributed by atoms with van der Waals surface area (Å²) in [6, 6.07) is 0. The first kappa shape index (κ1) is 11.8. The van der Waals surface area contributed by atoms with Crippen molar-refractivity contribution in [3.05, 3.63) is 11.6 Å². The first-order valence-electron chi connectivity index (χ1n) is 6.15. The third-order valence-corrected chi connectivity index (χ3v) is 4.45. The second-order valence-corrected chi connectivity index (χ2v) is 5.63. The van der Waals surface area contributed by atoms with Crippen LogP contribution in [0.15, 0.2) is 11.6 Å². The average Bonchev–Trinajstić information content (AvgIpc) is 2.39. The van der Waals surface area contributed by atoms with Gasteiger partial charge in [-0.05, 0) is 37.0 Å². The quantitative estimate of drug-likeness (QED) is 0.564. The van der Waals surface area contributed by atoms with Crippen molar-refractivity contribution in [1.29, 1.82) is 0 Å². The summed E-state index contributed by atoms with van der Waals surface area (Å²) in [5, 5.41) is 0. The molecule has 0 saturated heterocycles. The Balaban J connectivity index is 2.41. The smallest absolute Gasteiger partial charge is 0.0116 e. The highest BCUT2D eigenvalue weighted by atomic mass is 14.4. The lowest BCUT2D eigenvalue weighted by Crippen LogP contribution is -2.20. The minimum Gasteiger partial charge on any atom is -0.0848 e. The molecule has 0 aliphatic heterocycles. The minimum absolute atomic E-state index is 0.466. The molecule has 0 spiro atoms. The third kappa shape index (κ3) is 2.40. The van der Waals surface area contributed by atoms with E-state index in [2.05, 4.69) is 40.7 Å². The van der Waals surface area contributed by atoms with Crippen LogP contribution in [0.3, 0.4) is 0 Å². The van der Waals surface area contributed by atoms with Crippen LogP contribution in [0.1, 0.15) is 60.3 Å². The molecule has 82 valence electrons. The van der Waals surface area contributed by atoms with Crippen LogP contribution in [0.4, 0.5) is 0 Å². The molecule has 14 heavy (non-hydrogen) atoms. The molecule has 0 radical (unpaired) electrons. The molecule has 1 aliphatic carbocycles. The van der Waals surface area contributed by atoms with Crippen molar-refractivity contribution in [3.8, 4) is 0 Å². The molecule has 0 fully saturated rings. The van der Waals surface area contributed by atoms with E-state index in [-0.39, 0.29) is 0 Å². The average molecular weight is 194 g/mol. The van der Waals surface area contributed by atoms with Crippen molar-refractivity contribution < 1.29 is 0 Å². The summed E-state index contributed by atoms with van der Waals surface area (Å²) in [6.45, 7) is 11.8. The molecular weight excluding hydrogens is 168 g/mol. The molecule has 0 heterocycles. The van der Waals surface area contributed by atoms with Crippen molar-refractivity contribution in [1.82, 2.24) is 0 Å². The van der Waals surface area contributed by atoms with Crippen molar-refractivity contribution in [2.45, 2.75) is 60.3 Å². The molecule has 0 aromatic rings. The molecule has 2 unspecified atom stereocenters. The van der Waals surface area contributed by atoms with Gasteiger partial charge < -0.3 is 0 Å². The Kier molecular flexibility index (Phi) is 3.80. The zero-order chi connectivity index (χ0) is 10.8. The van der Waals surface area contributed by atoms with Crippen LogP contribution in [0.25, 0.3) is 0 Å². The molecule has 0 saturated carbocycles. The van der Waals surface area contributed by atoms with Gasteiger partial charge in [0.1, 0.15) is 0 Å². The fourth-order valence-electron chi connectivity index (χ4n) is 2.37. The van der Waals surface area contributed by atoms with E-state index in [9.17, 15) is 0 Å². The Morgan fingerprint density at radius 1 is 1.50 bits per heavy atom. The van der Waals surface area contributed by atoms with Crippen molar-refractivity contribution in [3.63, 3.8) is 0 Å². The lowest BCUT2D eigenvalue weighted by molar-refractivity contribution is 0.256. The number of rotatable bonds is 4. The van der Waals surface area contributed by atoms with Crippen LogP contribution in [0.2, 0.25) is 0 Å². The number of hydrogen-bond acceptors (Lipinski definition) is 0. The van der Waals surface area contributed by atoms with E-state index >= 15 is 0 Å². The van der Waals surface area contributed by atoms with Gasteiger partial charge in [-0.15, -0.1) is 0 Å². The Morgan fingerprint density at radius 2 is 2.14 bits per heavy atom. The molecule has 0 aromatic heterocycles. The van der Waals surface area contributed by atoms with Crippen LogP contribution >= 0.6 is 0 Å². The van der Waals surface area contributed by atoms with E-state index in [0.717, 1.165) is 11.8 Å². The zero-order valence-corrected chi connectivity index (χ0v) is 10.6. The molecular formula is C14H26. The van der Waals surface area contributed by atoms with Gasteiger partial charge in [0.2, 0.25) is 0 Å². The van der Waals surface area contributed by atoms with E-state index in [1.54, 1.807) is 5.57 Å². The molecule has 0 nitrogen and oxygen atoms in total. The van der Waals surface area contributed by atoms with Crippen molar-refractivity contribution >= 4 is 0 Å². The normalized spacial score (nSPS) is 27.5. The Morgan fingerprint density at radius 3 is 2.57 bits per heavy atom. The van der Waals surface area contributed by atoms with Gasteiger partial charge in [0.05, 0.1) is 0 Å². The maximum absolute atomic E-state index is 2.45. The van der Waals surface area contributed by atoms with Gasteiger partial charge in [-0.2, -0.15) is 0 Å². The number of hydrogen-bond donors (Lipinski definition) is 0. The zero-order valence-electron chi connectivity index (χ0n) is 10.6. The molecule has 0 amide bonds. The number of allylic oxidation sites excluding steroid dienone is 2. The minimum atomic E-state index is 0.466. The summed E-state index contributed by atoms with van der Waals surface area (Å²) >= 11 is 0. The van der Waals surface area contributed by atoms with Crippen LogP contribution in [0, 0.1) is 17.3 Å². The second kappa shape index (κ2) is 4.51. The van der Waals surface area contributed by atoms with E-state index in [1.807, 2.05) is 0 Å². The van der Waals surface area contributed by atoms with Gasteiger partial charge >= 0.3 is 0 Å². The first-order chi connectivity index (χ1) is 6.48. The summed E-state index contributed by atoms with van der Waals surface area (Å²) in [5.41, 5.74) is 2.07. The summed E-state index contributed by atoms with van der Waals surface area (Å²) < 4.78 is 0. The van der Waals surface area contributed by atoms with Gasteiger partial charge in [-0.3, -0.25) is 0 Å². The summed E-state index contributed by atoms with van der Waals surface area (Å²) in [7, 11) is 0. The summed E-state index contributed by atoms with van der Waals surface area (Å²) in [5.74, 6) is 1.81. The SMILES string of the molecule is CCC(C)CCC1CC=C(C)C1(C)C. The van der Waals surface area contributed by atoms with Crippen LogP contribution < -0.4 is 0 Å². The van der Waals surface area contributed by atoms with Crippen LogP contribution in [0.5, 0.6) is 0 Å². The van der Waals surface area contributed by atoms with Crippen molar-refractivity contribution in [2.24, 2.45) is 17.3 Å². The maximum Gasteiger partial charge on any atom is -0.0116 e. The predicted octanol–water partition coefficient (Wildman–Crippen LogP) is 4.81. The van der Waals surface area contributed by atoms with E-state index in [1.165, 1.54) is 25.7 Å². The first-order valence-corrected chi connectivity index (χ1v) is 6.15. The monoisotopic (exact) mass is 194 g/mol. The van der Waals surface area contributed by atoms with E-state index < -0.39 is 0 Å². The summed E-state index contributed by atoms with van der Waals surface area (Å²) in [4.78, 5) is 0. The lowest BCUT2D eigenvalue weighted by atomic mass is 9.75. The molecule has 1 aliphatic rings. The van der Waals surface area contributed by atoms with Gasteiger partial charge in [0.25, 0.3) is 0 Å². The molecule has 0 heteroatoms. The van der Waals surface area contributed by atoms with E-state index in [0.29, 0.717) is 5.41 Å². The maximum atomic E-state index is 2.45. The fourth-order valence-corrected chi connectivity index (χ4v) is 2.37. The largest absolute Gasteiger partial charge is 0.0848 e. The Labute approximate surface area is 89.8 Å². The molecule has 1 rings (SSSR count). The molecule has 0 bridgehead atoms. The summed E-state index contributed by atoms with van der Waals surface area (Å²) in [6.07, 6.45) is 7.91. The Hall–Kier alpha value is -0.260. The highest BCUT2D eigenvalue weighted by Crippen LogP contribution is 2.45. The van der Waals surface area contributed by atoms with Gasteiger partial charge in [-0.25, -0.2) is 0 Å². The predicted molar refractivity (Wildman–Crippen MR) is 64.3 cm³/mol. The lowest BCUT2D eigenvalue weighted by Gasteiger charge is -2.30. The standard InChI is InChI=1S/C14H26/c1-6-11(2)7-9-13-10-8-12(3)14(13,4)5/h8,11,13H,6-7,9-10H2,1-5H3. The fraction of sp³-hybridized carbons (Fsp3) is 0.857. The van der Waals surface area contributed by atoms with Crippen LogP contribution in [-0.4, -0.2) is 0 Å². The van der Waals surface area contributed by atoms with Gasteiger partial charge in [0.15, 0.2) is 0 Å². The van der Waals surface area contributed by atoms with Gasteiger partial charge in [-0.1, -0.05) is 52.2 Å². The Bertz CT molecular complexity index is 210. The van der Waals surface area contributed by atoms with Crippen LogP contribution in [-0.2, 0) is 0 Å². The third-order valence-electron chi connectivity index (χ3n) is 4.45. The molecule has 2 atom stereocenters. The topological polar surface area (TPSA) is 0 Å². The van der Waals surface area contributed by atoms with Gasteiger partial charge in [0, 0.05) is 0 Å².